The molecule has 1 aromatic rings. The maximum atomic E-state index is 4.91. The summed E-state index contributed by atoms with van der Waals surface area (Å²) in [7, 11) is 0. The second kappa shape index (κ2) is 2.38. The molecule has 4 heteroatoms. The largest absolute Gasteiger partial charge is 0.251 e. The molecule has 0 bridgehead atoms. The van der Waals surface area contributed by atoms with Crippen molar-refractivity contribution >= 4 is 30.4 Å². The first kappa shape index (κ1) is 6.39. The number of thiol groups is 1. The molecule has 0 aromatic heterocycles. The van der Waals surface area contributed by atoms with E-state index < -0.39 is 0 Å². The minimum absolute atomic E-state index is 0.919. The van der Waals surface area contributed by atoms with Gasteiger partial charge in [0.2, 0.25) is 0 Å². The normalized spacial score (nSPS) is 14.5. The smallest absolute Gasteiger partial charge is 0.0909 e. The Bertz CT molecular complexity index is 264. The van der Waals surface area contributed by atoms with E-state index >= 15 is 0 Å². The average molecular weight is 171 g/mol. The van der Waals surface area contributed by atoms with Gasteiger partial charge in [-0.05, 0) is 12.1 Å². The van der Waals surface area contributed by atoms with E-state index in [2.05, 4.69) is 18.1 Å². The third kappa shape index (κ3) is 0.885. The molecule has 2 nitrogen and oxygen atoms in total. The first-order chi connectivity index (χ1) is 4.88. The number of anilines is 1. The van der Waals surface area contributed by atoms with Crippen molar-refractivity contribution in [2.75, 3.05) is 5.48 Å². The third-order valence-corrected chi connectivity index (χ3v) is 2.34. The Kier molecular flexibility index (Phi) is 1.52. The van der Waals surface area contributed by atoms with Gasteiger partial charge in [0.15, 0.2) is 0 Å². The van der Waals surface area contributed by atoms with Crippen LogP contribution in [0.3, 0.4) is 0 Å². The molecule has 52 valence electrons. The summed E-state index contributed by atoms with van der Waals surface area (Å²) in [6.45, 7) is 0. The quantitative estimate of drug-likeness (QED) is 0.462. The maximum Gasteiger partial charge on any atom is 0.0909 e. The molecule has 0 radical (unpaired) electrons. The maximum absolute atomic E-state index is 4.91. The fourth-order valence-electron chi connectivity index (χ4n) is 0.799. The van der Waals surface area contributed by atoms with Crippen molar-refractivity contribution in [3.63, 3.8) is 0 Å². The minimum Gasteiger partial charge on any atom is -0.251 e. The summed E-state index contributed by atoms with van der Waals surface area (Å²) >= 11 is 5.55. The molecular weight excluding hydrogens is 166 g/mol. The molecule has 0 fully saturated rings. The standard InChI is InChI=1S/C6H5NOS2/c9-4-2-1-3-5-6(4)7-8-10-5/h1-3,7,9H. The zero-order chi connectivity index (χ0) is 6.97. The van der Waals surface area contributed by atoms with Gasteiger partial charge >= 0.3 is 0 Å². The number of benzene rings is 1. The summed E-state index contributed by atoms with van der Waals surface area (Å²) in [5.74, 6) is 0. The lowest BCUT2D eigenvalue weighted by molar-refractivity contribution is 0.489. The van der Waals surface area contributed by atoms with Crippen molar-refractivity contribution in [3.8, 4) is 0 Å². The molecule has 1 aliphatic rings. The first-order valence-electron chi connectivity index (χ1n) is 2.79. The molecule has 1 aliphatic heterocycles. The van der Waals surface area contributed by atoms with Crippen LogP contribution in [-0.4, -0.2) is 0 Å². The van der Waals surface area contributed by atoms with Crippen molar-refractivity contribution < 1.29 is 4.28 Å². The number of nitrogens with one attached hydrogen (secondary N) is 1. The van der Waals surface area contributed by atoms with Crippen LogP contribution in [0.2, 0.25) is 0 Å². The van der Waals surface area contributed by atoms with Crippen LogP contribution in [0.5, 0.6) is 0 Å². The fourth-order valence-corrected chi connectivity index (χ4v) is 1.71. The predicted octanol–water partition coefficient (Wildman–Crippen LogP) is 2.34. The summed E-state index contributed by atoms with van der Waals surface area (Å²) in [5.41, 5.74) is 3.72. The fraction of sp³-hybridized carbons (Fsp3) is 0. The molecule has 10 heavy (non-hydrogen) atoms. The molecule has 2 rings (SSSR count). The van der Waals surface area contributed by atoms with Crippen molar-refractivity contribution in [2.45, 2.75) is 9.79 Å². The Hall–Kier alpha value is -0.320. The molecule has 0 saturated carbocycles. The van der Waals surface area contributed by atoms with Crippen molar-refractivity contribution in [1.29, 1.82) is 0 Å². The van der Waals surface area contributed by atoms with Crippen LogP contribution in [0.15, 0.2) is 28.0 Å². The van der Waals surface area contributed by atoms with E-state index in [0.717, 1.165) is 15.5 Å². The van der Waals surface area contributed by atoms with E-state index in [9.17, 15) is 0 Å². The number of fused-ring (bicyclic) bond motifs is 1. The molecule has 0 saturated heterocycles. The molecule has 0 atom stereocenters. The second-order valence-electron chi connectivity index (χ2n) is 1.92. The molecule has 0 spiro atoms. The summed E-state index contributed by atoms with van der Waals surface area (Å²) in [5, 5.41) is 0. The van der Waals surface area contributed by atoms with Gasteiger partial charge in [0.05, 0.1) is 22.6 Å². The highest BCUT2D eigenvalue weighted by Gasteiger charge is 2.13. The van der Waals surface area contributed by atoms with Crippen LogP contribution in [0.4, 0.5) is 5.69 Å². The van der Waals surface area contributed by atoms with E-state index in [4.69, 9.17) is 4.28 Å². The molecular formula is C6H5NOS2. The Balaban J connectivity index is 2.59. The van der Waals surface area contributed by atoms with Gasteiger partial charge in [-0.1, -0.05) is 6.07 Å². The van der Waals surface area contributed by atoms with Crippen LogP contribution in [0, 0.1) is 0 Å². The topological polar surface area (TPSA) is 21.3 Å². The van der Waals surface area contributed by atoms with E-state index in [1.54, 1.807) is 0 Å². The second-order valence-corrected chi connectivity index (χ2v) is 3.17. The highest BCUT2D eigenvalue weighted by atomic mass is 32.2. The van der Waals surface area contributed by atoms with Crippen LogP contribution in [0.1, 0.15) is 0 Å². The monoisotopic (exact) mass is 171 g/mol. The van der Waals surface area contributed by atoms with Crippen LogP contribution in [-0.2, 0) is 4.28 Å². The lowest BCUT2D eigenvalue weighted by Crippen LogP contribution is -1.86. The number of hydrogen-bond acceptors (Lipinski definition) is 4. The van der Waals surface area contributed by atoms with Crippen molar-refractivity contribution in [1.82, 2.24) is 0 Å². The summed E-state index contributed by atoms with van der Waals surface area (Å²) in [6.07, 6.45) is 0. The van der Waals surface area contributed by atoms with E-state index in [0.29, 0.717) is 0 Å². The van der Waals surface area contributed by atoms with Gasteiger partial charge in [0.25, 0.3) is 0 Å². The molecule has 0 aliphatic carbocycles. The highest BCUT2D eigenvalue weighted by molar-refractivity contribution is 7.95. The lowest BCUT2D eigenvalue weighted by Gasteiger charge is -1.97. The van der Waals surface area contributed by atoms with Crippen LogP contribution >= 0.6 is 24.7 Å². The Morgan fingerprint density at radius 2 is 2.40 bits per heavy atom. The highest BCUT2D eigenvalue weighted by Crippen LogP contribution is 2.38. The van der Waals surface area contributed by atoms with Crippen LogP contribution in [0.25, 0.3) is 0 Å². The minimum atomic E-state index is 0.919. The SMILES string of the molecule is Sc1cccc2c1NOS2. The molecule has 1 aromatic carbocycles. The zero-order valence-corrected chi connectivity index (χ0v) is 6.71. The number of hydrogen-bond donors (Lipinski definition) is 2. The van der Waals surface area contributed by atoms with Gasteiger partial charge in [-0.2, -0.15) is 4.28 Å². The van der Waals surface area contributed by atoms with Crippen molar-refractivity contribution in [2.24, 2.45) is 0 Å². The molecule has 0 unspecified atom stereocenters. The summed E-state index contributed by atoms with van der Waals surface area (Å²) in [4.78, 5) is 2.01. The van der Waals surface area contributed by atoms with Gasteiger partial charge < -0.3 is 0 Å². The molecule has 1 heterocycles. The van der Waals surface area contributed by atoms with Crippen molar-refractivity contribution in [3.05, 3.63) is 18.2 Å². The Morgan fingerprint density at radius 3 is 3.20 bits per heavy atom. The van der Waals surface area contributed by atoms with Crippen LogP contribution < -0.4 is 5.48 Å². The van der Waals surface area contributed by atoms with Gasteiger partial charge in [-0.3, -0.25) is 5.48 Å². The number of para-hydroxylation sites is 1. The Labute approximate surface area is 68.5 Å². The lowest BCUT2D eigenvalue weighted by atomic mass is 10.3. The summed E-state index contributed by atoms with van der Waals surface area (Å²) < 4.78 is 4.91. The average Bonchev–Trinajstić information content (AvgIpc) is 2.36. The van der Waals surface area contributed by atoms with Gasteiger partial charge in [0, 0.05) is 4.90 Å². The van der Waals surface area contributed by atoms with E-state index in [1.807, 2.05) is 18.2 Å². The van der Waals surface area contributed by atoms with E-state index in [1.165, 1.54) is 12.0 Å². The van der Waals surface area contributed by atoms with Gasteiger partial charge in [-0.25, -0.2) is 0 Å². The predicted molar refractivity (Wildman–Crippen MR) is 44.3 cm³/mol. The third-order valence-electron chi connectivity index (χ3n) is 1.28. The van der Waals surface area contributed by atoms with E-state index in [-0.39, 0.29) is 0 Å². The van der Waals surface area contributed by atoms with Gasteiger partial charge in [0.1, 0.15) is 0 Å². The molecule has 1 N–H and O–H groups in total. The number of rotatable bonds is 0. The van der Waals surface area contributed by atoms with Gasteiger partial charge in [-0.15, -0.1) is 12.6 Å². The zero-order valence-electron chi connectivity index (χ0n) is 5.00. The first-order valence-corrected chi connectivity index (χ1v) is 3.98. The Morgan fingerprint density at radius 1 is 1.50 bits per heavy atom. The summed E-state index contributed by atoms with van der Waals surface area (Å²) in [6, 6.07) is 5.86. The molecule has 0 amide bonds.